The van der Waals surface area contributed by atoms with Crippen molar-refractivity contribution in [3.63, 3.8) is 0 Å². The molecule has 0 amide bonds. The summed E-state index contributed by atoms with van der Waals surface area (Å²) in [6.07, 6.45) is 0. The van der Waals surface area contributed by atoms with Crippen LogP contribution in [0.3, 0.4) is 0 Å². The Hall–Kier alpha value is -2.15. The molecule has 0 bridgehead atoms. The zero-order valence-electron chi connectivity index (χ0n) is 15.7. The van der Waals surface area contributed by atoms with Crippen LogP contribution in [0.4, 0.5) is 0 Å². The molecule has 0 aliphatic carbocycles. The van der Waals surface area contributed by atoms with Crippen LogP contribution in [0, 0.1) is 13.8 Å². The molecule has 0 radical (unpaired) electrons. The SMILES string of the molecule is Cc1ccc(S(=O)(=O)n2c(CN3CCOCC3)c(C)c3ccccc32)cc1. The van der Waals surface area contributed by atoms with Gasteiger partial charge in [-0.25, -0.2) is 12.4 Å². The third-order valence-electron chi connectivity index (χ3n) is 5.24. The van der Waals surface area contributed by atoms with E-state index in [9.17, 15) is 8.42 Å². The first-order chi connectivity index (χ1) is 13.0. The normalized spacial score (nSPS) is 16.1. The highest BCUT2D eigenvalue weighted by molar-refractivity contribution is 7.90. The van der Waals surface area contributed by atoms with Crippen LogP contribution < -0.4 is 0 Å². The number of aryl methyl sites for hydroxylation is 2. The lowest BCUT2D eigenvalue weighted by Crippen LogP contribution is -2.36. The maximum absolute atomic E-state index is 13.6. The van der Waals surface area contributed by atoms with Gasteiger partial charge in [0.25, 0.3) is 10.0 Å². The Bertz CT molecular complexity index is 1060. The number of hydrogen-bond acceptors (Lipinski definition) is 4. The largest absolute Gasteiger partial charge is 0.379 e. The van der Waals surface area contributed by atoms with Gasteiger partial charge in [-0.05, 0) is 37.6 Å². The van der Waals surface area contributed by atoms with E-state index in [0.717, 1.165) is 40.8 Å². The Morgan fingerprint density at radius 2 is 1.63 bits per heavy atom. The summed E-state index contributed by atoms with van der Waals surface area (Å²) in [4.78, 5) is 2.57. The van der Waals surface area contributed by atoms with Crippen LogP contribution in [0.5, 0.6) is 0 Å². The molecule has 0 unspecified atom stereocenters. The maximum atomic E-state index is 13.6. The van der Waals surface area contributed by atoms with Gasteiger partial charge in [-0.15, -0.1) is 0 Å². The fourth-order valence-corrected chi connectivity index (χ4v) is 5.26. The van der Waals surface area contributed by atoms with Gasteiger partial charge in [-0.3, -0.25) is 4.90 Å². The van der Waals surface area contributed by atoms with Crippen LogP contribution in [-0.4, -0.2) is 43.6 Å². The molecule has 0 N–H and O–H groups in total. The molecule has 142 valence electrons. The molecule has 1 aliphatic rings. The molecule has 2 heterocycles. The molecule has 0 saturated carbocycles. The summed E-state index contributed by atoms with van der Waals surface area (Å²) in [6.45, 7) is 7.55. The average molecular weight is 385 g/mol. The predicted octanol–water partition coefficient (Wildman–Crippen LogP) is 3.33. The molecule has 27 heavy (non-hydrogen) atoms. The number of hydrogen-bond donors (Lipinski definition) is 0. The van der Waals surface area contributed by atoms with Crippen molar-refractivity contribution in [2.75, 3.05) is 26.3 Å². The van der Waals surface area contributed by atoms with Crippen molar-refractivity contribution in [2.24, 2.45) is 0 Å². The lowest BCUT2D eigenvalue weighted by Gasteiger charge is -2.27. The van der Waals surface area contributed by atoms with Crippen LogP contribution in [0.2, 0.25) is 0 Å². The monoisotopic (exact) mass is 384 g/mol. The zero-order chi connectivity index (χ0) is 19.0. The van der Waals surface area contributed by atoms with E-state index in [1.54, 1.807) is 12.1 Å². The summed E-state index contributed by atoms with van der Waals surface area (Å²) < 4.78 is 34.1. The first-order valence-electron chi connectivity index (χ1n) is 9.20. The Labute approximate surface area is 160 Å². The Morgan fingerprint density at radius 1 is 0.963 bits per heavy atom. The highest BCUT2D eigenvalue weighted by atomic mass is 32.2. The molecule has 4 rings (SSSR count). The molecular formula is C21H24N2O3S. The van der Waals surface area contributed by atoms with Gasteiger partial charge in [0.2, 0.25) is 0 Å². The third-order valence-corrected chi connectivity index (χ3v) is 7.01. The highest BCUT2D eigenvalue weighted by Gasteiger charge is 2.26. The van der Waals surface area contributed by atoms with Gasteiger partial charge < -0.3 is 4.74 Å². The standard InChI is InChI=1S/C21H24N2O3S/c1-16-7-9-18(10-8-16)27(24,25)23-20-6-4-3-5-19(20)17(2)21(23)15-22-11-13-26-14-12-22/h3-10H,11-15H2,1-2H3. The number of aromatic nitrogens is 1. The molecule has 6 heteroatoms. The van der Waals surface area contributed by atoms with Gasteiger partial charge in [-0.1, -0.05) is 35.9 Å². The fraction of sp³-hybridized carbons (Fsp3) is 0.333. The minimum atomic E-state index is -3.68. The van der Waals surface area contributed by atoms with Gasteiger partial charge in [-0.2, -0.15) is 0 Å². The number of para-hydroxylation sites is 1. The molecule has 1 fully saturated rings. The van der Waals surface area contributed by atoms with E-state index in [1.165, 1.54) is 3.97 Å². The third kappa shape index (κ3) is 3.29. The van der Waals surface area contributed by atoms with E-state index in [4.69, 9.17) is 4.74 Å². The number of nitrogens with zero attached hydrogens (tertiary/aromatic N) is 2. The molecule has 1 aliphatic heterocycles. The summed E-state index contributed by atoms with van der Waals surface area (Å²) in [6, 6.07) is 14.8. The van der Waals surface area contributed by atoms with Crippen molar-refractivity contribution in [2.45, 2.75) is 25.3 Å². The van der Waals surface area contributed by atoms with Crippen LogP contribution in [0.25, 0.3) is 10.9 Å². The molecule has 1 aromatic heterocycles. The fourth-order valence-electron chi connectivity index (χ4n) is 3.67. The highest BCUT2D eigenvalue weighted by Crippen LogP contribution is 2.31. The number of rotatable bonds is 4. The maximum Gasteiger partial charge on any atom is 0.268 e. The van der Waals surface area contributed by atoms with Crippen molar-refractivity contribution in [3.05, 3.63) is 65.4 Å². The number of benzene rings is 2. The van der Waals surface area contributed by atoms with Crippen molar-refractivity contribution >= 4 is 20.9 Å². The molecule has 0 atom stereocenters. The Balaban J connectivity index is 1.89. The number of morpholine rings is 1. The molecule has 5 nitrogen and oxygen atoms in total. The van der Waals surface area contributed by atoms with Crippen molar-refractivity contribution in [1.29, 1.82) is 0 Å². The summed E-state index contributed by atoms with van der Waals surface area (Å²) >= 11 is 0. The zero-order valence-corrected chi connectivity index (χ0v) is 16.5. The molecular weight excluding hydrogens is 360 g/mol. The van der Waals surface area contributed by atoms with Crippen LogP contribution >= 0.6 is 0 Å². The van der Waals surface area contributed by atoms with Crippen molar-refractivity contribution < 1.29 is 13.2 Å². The van der Waals surface area contributed by atoms with Crippen LogP contribution in [0.15, 0.2) is 53.4 Å². The van der Waals surface area contributed by atoms with Crippen molar-refractivity contribution in [3.8, 4) is 0 Å². The van der Waals surface area contributed by atoms with E-state index in [2.05, 4.69) is 4.90 Å². The Morgan fingerprint density at radius 3 is 2.33 bits per heavy atom. The van der Waals surface area contributed by atoms with Gasteiger partial charge in [0, 0.05) is 25.0 Å². The van der Waals surface area contributed by atoms with Crippen LogP contribution in [0.1, 0.15) is 16.8 Å². The van der Waals surface area contributed by atoms with Crippen LogP contribution in [-0.2, 0) is 21.3 Å². The first kappa shape index (κ1) is 18.2. The minimum absolute atomic E-state index is 0.317. The average Bonchev–Trinajstić information content (AvgIpc) is 2.96. The second-order valence-electron chi connectivity index (χ2n) is 7.06. The van der Waals surface area contributed by atoms with E-state index < -0.39 is 10.0 Å². The van der Waals surface area contributed by atoms with Gasteiger partial charge in [0.05, 0.1) is 29.3 Å². The van der Waals surface area contributed by atoms with E-state index >= 15 is 0 Å². The minimum Gasteiger partial charge on any atom is -0.379 e. The predicted molar refractivity (Wildman–Crippen MR) is 107 cm³/mol. The molecule has 0 spiro atoms. The van der Waals surface area contributed by atoms with E-state index in [0.29, 0.717) is 24.7 Å². The molecule has 2 aromatic carbocycles. The number of ether oxygens (including phenoxy) is 1. The topological polar surface area (TPSA) is 51.5 Å². The van der Waals surface area contributed by atoms with E-state index in [-0.39, 0.29) is 0 Å². The lowest BCUT2D eigenvalue weighted by molar-refractivity contribution is 0.0335. The smallest absolute Gasteiger partial charge is 0.268 e. The number of fused-ring (bicyclic) bond motifs is 1. The lowest BCUT2D eigenvalue weighted by atomic mass is 10.1. The quantitative estimate of drug-likeness (QED) is 0.692. The van der Waals surface area contributed by atoms with E-state index in [1.807, 2.05) is 50.2 Å². The second kappa shape index (κ2) is 7.11. The molecule has 1 saturated heterocycles. The summed E-state index contributed by atoms with van der Waals surface area (Å²) in [5, 5.41) is 0.983. The Kier molecular flexibility index (Phi) is 4.80. The molecule has 3 aromatic rings. The van der Waals surface area contributed by atoms with Crippen molar-refractivity contribution in [1.82, 2.24) is 8.87 Å². The summed E-state index contributed by atoms with van der Waals surface area (Å²) in [5.41, 5.74) is 3.63. The second-order valence-corrected chi connectivity index (χ2v) is 8.85. The van der Waals surface area contributed by atoms with Gasteiger partial charge in [0.15, 0.2) is 0 Å². The summed E-state index contributed by atoms with van der Waals surface area (Å²) in [5.74, 6) is 0. The summed E-state index contributed by atoms with van der Waals surface area (Å²) in [7, 11) is -3.68. The van der Waals surface area contributed by atoms with Gasteiger partial charge in [0.1, 0.15) is 0 Å². The van der Waals surface area contributed by atoms with Gasteiger partial charge >= 0.3 is 0 Å². The first-order valence-corrected chi connectivity index (χ1v) is 10.6.